The highest BCUT2D eigenvalue weighted by atomic mass is 32.2. The summed E-state index contributed by atoms with van der Waals surface area (Å²) in [6, 6.07) is 9.95. The number of amides is 1. The van der Waals surface area contributed by atoms with Crippen molar-refractivity contribution in [3.05, 3.63) is 64.5 Å². The monoisotopic (exact) mass is 389 g/mol. The van der Waals surface area contributed by atoms with E-state index in [2.05, 4.69) is 20.5 Å². The van der Waals surface area contributed by atoms with Gasteiger partial charge < -0.3 is 11.1 Å². The number of aromatic amines is 1. The number of hydrogen-bond donors (Lipinski definition) is 3. The van der Waals surface area contributed by atoms with E-state index in [1.165, 1.54) is 6.07 Å². The van der Waals surface area contributed by atoms with Crippen LogP contribution < -0.4 is 16.6 Å². The molecule has 27 heavy (non-hydrogen) atoms. The van der Waals surface area contributed by atoms with E-state index in [0.29, 0.717) is 11.3 Å². The van der Waals surface area contributed by atoms with Gasteiger partial charge in [0.25, 0.3) is 5.56 Å². The molecule has 3 rings (SSSR count). The number of nitrogens with one attached hydrogen (secondary N) is 2. The van der Waals surface area contributed by atoms with Crippen LogP contribution in [0.5, 0.6) is 0 Å². The molecule has 0 atom stereocenters. The van der Waals surface area contributed by atoms with Gasteiger partial charge in [0.15, 0.2) is 10.9 Å². The lowest BCUT2D eigenvalue weighted by molar-refractivity contribution is -0.113. The molecule has 0 aliphatic rings. The maximum atomic E-state index is 13.5. The summed E-state index contributed by atoms with van der Waals surface area (Å²) in [6.45, 7) is 0. The minimum absolute atomic E-state index is 0.0512. The van der Waals surface area contributed by atoms with Gasteiger partial charge >= 0.3 is 0 Å². The van der Waals surface area contributed by atoms with Crippen LogP contribution in [0.25, 0.3) is 11.3 Å². The number of carbonyl (C=O) groups excluding carboxylic acids is 1. The Morgan fingerprint density at radius 2 is 1.81 bits per heavy atom. The summed E-state index contributed by atoms with van der Waals surface area (Å²) in [6.07, 6.45) is 0. The van der Waals surface area contributed by atoms with Crippen molar-refractivity contribution in [3.8, 4) is 11.3 Å². The van der Waals surface area contributed by atoms with Crippen molar-refractivity contribution in [2.45, 2.75) is 5.16 Å². The second-order valence-electron chi connectivity index (χ2n) is 5.33. The quantitative estimate of drug-likeness (QED) is 0.456. The van der Waals surface area contributed by atoms with Gasteiger partial charge in [-0.1, -0.05) is 36.0 Å². The van der Waals surface area contributed by atoms with Crippen LogP contribution in [0.4, 0.5) is 20.2 Å². The van der Waals surface area contributed by atoms with E-state index in [-0.39, 0.29) is 16.6 Å². The van der Waals surface area contributed by atoms with Crippen LogP contribution in [0.3, 0.4) is 0 Å². The largest absolute Gasteiger partial charge is 0.398 e. The molecular formula is C17H13F2N5O2S. The minimum atomic E-state index is -0.883. The van der Waals surface area contributed by atoms with E-state index < -0.39 is 28.8 Å². The topological polar surface area (TPSA) is 114 Å². The number of para-hydroxylation sites is 2. The van der Waals surface area contributed by atoms with Crippen LogP contribution in [0.1, 0.15) is 0 Å². The van der Waals surface area contributed by atoms with Gasteiger partial charge in [0, 0.05) is 11.3 Å². The van der Waals surface area contributed by atoms with Gasteiger partial charge in [-0.15, -0.1) is 10.2 Å². The lowest BCUT2D eigenvalue weighted by Crippen LogP contribution is -2.18. The van der Waals surface area contributed by atoms with Gasteiger partial charge in [0.05, 0.1) is 5.75 Å². The molecule has 4 N–H and O–H groups in total. The Kier molecular flexibility index (Phi) is 5.46. The van der Waals surface area contributed by atoms with Gasteiger partial charge in [0.1, 0.15) is 17.3 Å². The zero-order valence-corrected chi connectivity index (χ0v) is 14.5. The Balaban J connectivity index is 1.68. The molecule has 0 aliphatic carbocycles. The van der Waals surface area contributed by atoms with E-state index in [0.717, 1.165) is 23.9 Å². The molecule has 0 saturated carbocycles. The SMILES string of the molecule is Nc1ccccc1-c1nnc(SCC(=O)Nc2c(F)cccc2F)[nH]c1=O. The van der Waals surface area contributed by atoms with Crippen molar-refractivity contribution < 1.29 is 13.6 Å². The number of halogens is 2. The maximum Gasteiger partial charge on any atom is 0.278 e. The van der Waals surface area contributed by atoms with Crippen LogP contribution in [0.15, 0.2) is 52.4 Å². The van der Waals surface area contributed by atoms with Crippen molar-refractivity contribution >= 4 is 29.0 Å². The molecule has 0 spiro atoms. The number of benzene rings is 2. The third kappa shape index (κ3) is 4.29. The van der Waals surface area contributed by atoms with Gasteiger partial charge in [-0.25, -0.2) is 8.78 Å². The molecule has 3 aromatic rings. The van der Waals surface area contributed by atoms with Crippen LogP contribution in [-0.4, -0.2) is 26.8 Å². The van der Waals surface area contributed by atoms with Crippen molar-refractivity contribution in [3.63, 3.8) is 0 Å². The van der Waals surface area contributed by atoms with Gasteiger partial charge in [-0.2, -0.15) is 0 Å². The second kappa shape index (κ2) is 7.96. The van der Waals surface area contributed by atoms with Gasteiger partial charge in [-0.05, 0) is 18.2 Å². The fraction of sp³-hybridized carbons (Fsp3) is 0.0588. The molecule has 138 valence electrons. The minimum Gasteiger partial charge on any atom is -0.398 e. The predicted molar refractivity (Wildman–Crippen MR) is 98.2 cm³/mol. The first-order valence-corrected chi connectivity index (χ1v) is 8.63. The van der Waals surface area contributed by atoms with Crippen LogP contribution >= 0.6 is 11.8 Å². The first-order chi connectivity index (χ1) is 13.0. The lowest BCUT2D eigenvalue weighted by Gasteiger charge is -2.07. The first kappa shape index (κ1) is 18.5. The summed E-state index contributed by atoms with van der Waals surface area (Å²) in [5, 5.41) is 9.93. The van der Waals surface area contributed by atoms with Crippen LogP contribution in [0, 0.1) is 11.6 Å². The zero-order valence-electron chi connectivity index (χ0n) is 13.7. The van der Waals surface area contributed by atoms with Crippen molar-refractivity contribution in [2.75, 3.05) is 16.8 Å². The third-order valence-electron chi connectivity index (χ3n) is 3.46. The number of rotatable bonds is 5. The molecule has 1 heterocycles. The smallest absolute Gasteiger partial charge is 0.278 e. The van der Waals surface area contributed by atoms with Crippen molar-refractivity contribution in [1.29, 1.82) is 0 Å². The average Bonchev–Trinajstić information content (AvgIpc) is 2.64. The summed E-state index contributed by atoms with van der Waals surface area (Å²) >= 11 is 0.864. The van der Waals surface area contributed by atoms with Crippen molar-refractivity contribution in [2.24, 2.45) is 0 Å². The predicted octanol–water partition coefficient (Wildman–Crippen LogP) is 2.42. The highest BCUT2D eigenvalue weighted by Gasteiger charge is 2.14. The zero-order chi connectivity index (χ0) is 19.4. The molecule has 10 heteroatoms. The number of nitrogen functional groups attached to an aromatic ring is 1. The normalized spacial score (nSPS) is 10.6. The molecule has 1 amide bonds. The number of nitrogens with two attached hydrogens (primary N) is 1. The number of H-pyrrole nitrogens is 1. The van der Waals surface area contributed by atoms with Crippen LogP contribution in [-0.2, 0) is 4.79 Å². The molecule has 0 saturated heterocycles. The third-order valence-corrected chi connectivity index (χ3v) is 4.32. The molecule has 2 aromatic carbocycles. The average molecular weight is 389 g/mol. The summed E-state index contributed by atoms with van der Waals surface area (Å²) in [4.78, 5) is 26.6. The highest BCUT2D eigenvalue weighted by molar-refractivity contribution is 7.99. The maximum absolute atomic E-state index is 13.5. The summed E-state index contributed by atoms with van der Waals surface area (Å²) < 4.78 is 27.0. The molecule has 0 unspecified atom stereocenters. The van der Waals surface area contributed by atoms with E-state index in [1.54, 1.807) is 24.3 Å². The molecular weight excluding hydrogens is 376 g/mol. The summed E-state index contributed by atoms with van der Waals surface area (Å²) in [5.41, 5.74) is 5.63. The Morgan fingerprint density at radius 1 is 1.11 bits per heavy atom. The number of aromatic nitrogens is 3. The molecule has 7 nitrogen and oxygen atoms in total. The Hall–Kier alpha value is -3.27. The number of thioether (sulfide) groups is 1. The number of carbonyl (C=O) groups is 1. The second-order valence-corrected chi connectivity index (χ2v) is 6.29. The molecule has 0 bridgehead atoms. The van der Waals surface area contributed by atoms with E-state index >= 15 is 0 Å². The molecule has 0 radical (unpaired) electrons. The van der Waals surface area contributed by atoms with Crippen molar-refractivity contribution in [1.82, 2.24) is 15.2 Å². The number of nitrogens with zero attached hydrogens (tertiary/aromatic N) is 2. The summed E-state index contributed by atoms with van der Waals surface area (Å²) in [7, 11) is 0. The Bertz CT molecular complexity index is 1040. The van der Waals surface area contributed by atoms with E-state index in [4.69, 9.17) is 5.73 Å². The van der Waals surface area contributed by atoms with Gasteiger partial charge in [0.2, 0.25) is 5.91 Å². The van der Waals surface area contributed by atoms with Gasteiger partial charge in [-0.3, -0.25) is 14.6 Å². The fourth-order valence-electron chi connectivity index (χ4n) is 2.20. The highest BCUT2D eigenvalue weighted by Crippen LogP contribution is 2.21. The lowest BCUT2D eigenvalue weighted by atomic mass is 10.1. The first-order valence-electron chi connectivity index (χ1n) is 7.64. The molecule has 1 aromatic heterocycles. The fourth-order valence-corrected chi connectivity index (χ4v) is 2.81. The number of anilines is 2. The molecule has 0 fully saturated rings. The van der Waals surface area contributed by atoms with E-state index in [9.17, 15) is 18.4 Å². The molecule has 0 aliphatic heterocycles. The Morgan fingerprint density at radius 3 is 2.48 bits per heavy atom. The van der Waals surface area contributed by atoms with Crippen LogP contribution in [0.2, 0.25) is 0 Å². The summed E-state index contributed by atoms with van der Waals surface area (Å²) in [5.74, 6) is -2.66. The number of hydrogen-bond acceptors (Lipinski definition) is 6. The Labute approximate surface area is 156 Å². The standard InChI is InChI=1S/C17H13F2N5O2S/c18-10-5-3-6-11(19)15(10)21-13(25)8-27-17-22-16(26)14(23-24-17)9-4-1-2-7-12(9)20/h1-7H,8,20H2,(H,21,25)(H,22,24,26). The van der Waals surface area contributed by atoms with E-state index in [1.807, 2.05) is 0 Å².